The van der Waals surface area contributed by atoms with E-state index in [-0.39, 0.29) is 5.91 Å². The number of nitrogens with zero attached hydrogens (tertiary/aromatic N) is 2. The molecule has 154 valence electrons. The van der Waals surface area contributed by atoms with Crippen LogP contribution in [0.15, 0.2) is 23.1 Å². The summed E-state index contributed by atoms with van der Waals surface area (Å²) in [5.74, 6) is 0.223. The van der Waals surface area contributed by atoms with E-state index >= 15 is 0 Å². The largest absolute Gasteiger partial charge is 0.338 e. The van der Waals surface area contributed by atoms with Gasteiger partial charge in [0.05, 0.1) is 31.1 Å². The summed E-state index contributed by atoms with van der Waals surface area (Å²) in [5, 5.41) is 0. The van der Waals surface area contributed by atoms with Crippen LogP contribution in [0.1, 0.15) is 43.2 Å². The molecular formula is C21H32N3O3S+. The zero-order valence-corrected chi connectivity index (χ0v) is 17.5. The number of sulfonamides is 1. The molecule has 0 atom stereocenters. The number of fused-ring (bicyclic) bond motifs is 1. The lowest BCUT2D eigenvalue weighted by molar-refractivity contribution is -0.896. The van der Waals surface area contributed by atoms with Crippen molar-refractivity contribution < 1.29 is 18.1 Å². The summed E-state index contributed by atoms with van der Waals surface area (Å²) in [4.78, 5) is 16.1. The van der Waals surface area contributed by atoms with Crippen molar-refractivity contribution >= 4 is 15.9 Å². The molecule has 0 unspecified atom stereocenters. The van der Waals surface area contributed by atoms with Gasteiger partial charge in [0, 0.05) is 13.1 Å². The molecular weight excluding hydrogens is 374 g/mol. The van der Waals surface area contributed by atoms with E-state index in [0.717, 1.165) is 45.2 Å². The van der Waals surface area contributed by atoms with Crippen LogP contribution in [0.25, 0.3) is 0 Å². The predicted molar refractivity (Wildman–Crippen MR) is 108 cm³/mol. The molecule has 2 fully saturated rings. The third kappa shape index (κ3) is 4.26. The van der Waals surface area contributed by atoms with Crippen LogP contribution in [-0.4, -0.2) is 69.3 Å². The molecule has 0 bridgehead atoms. The molecule has 6 nitrogen and oxygen atoms in total. The van der Waals surface area contributed by atoms with Crippen molar-refractivity contribution in [3.63, 3.8) is 0 Å². The fourth-order valence-corrected chi connectivity index (χ4v) is 6.20. The monoisotopic (exact) mass is 406 g/mol. The van der Waals surface area contributed by atoms with E-state index in [1.807, 2.05) is 17.0 Å². The van der Waals surface area contributed by atoms with E-state index in [2.05, 4.69) is 0 Å². The van der Waals surface area contributed by atoms with Gasteiger partial charge >= 0.3 is 0 Å². The van der Waals surface area contributed by atoms with Crippen molar-refractivity contribution in [1.29, 1.82) is 0 Å². The Morgan fingerprint density at radius 3 is 2.29 bits per heavy atom. The average molecular weight is 407 g/mol. The minimum Gasteiger partial charge on any atom is -0.338 e. The van der Waals surface area contributed by atoms with Gasteiger partial charge < -0.3 is 9.80 Å². The molecule has 1 amide bonds. The Kier molecular flexibility index (Phi) is 6.04. The number of aryl methyl sites for hydroxylation is 2. The first kappa shape index (κ1) is 19.9. The van der Waals surface area contributed by atoms with Gasteiger partial charge in [-0.3, -0.25) is 4.79 Å². The Bertz CT molecular complexity index is 810. The van der Waals surface area contributed by atoms with Gasteiger partial charge in [0.1, 0.15) is 0 Å². The van der Waals surface area contributed by atoms with Crippen LogP contribution >= 0.6 is 0 Å². The van der Waals surface area contributed by atoms with Gasteiger partial charge in [0.15, 0.2) is 6.54 Å². The molecule has 0 spiro atoms. The number of hydrogen-bond donors (Lipinski definition) is 1. The highest BCUT2D eigenvalue weighted by atomic mass is 32.2. The van der Waals surface area contributed by atoms with E-state index in [4.69, 9.17) is 0 Å². The maximum absolute atomic E-state index is 13.1. The number of nitrogens with one attached hydrogen (secondary N) is 1. The number of carbonyl (C=O) groups excluding carboxylic acids is 1. The number of rotatable bonds is 4. The van der Waals surface area contributed by atoms with Crippen molar-refractivity contribution in [2.75, 3.05) is 45.8 Å². The first-order valence-electron chi connectivity index (χ1n) is 10.8. The number of piperazine rings is 1. The number of benzene rings is 1. The van der Waals surface area contributed by atoms with Crippen LogP contribution in [0, 0.1) is 0 Å². The van der Waals surface area contributed by atoms with E-state index in [9.17, 15) is 13.2 Å². The number of hydrogen-bond acceptors (Lipinski definition) is 3. The van der Waals surface area contributed by atoms with Crippen LogP contribution in [-0.2, 0) is 27.7 Å². The molecule has 7 heteroatoms. The summed E-state index contributed by atoms with van der Waals surface area (Å²) >= 11 is 0. The molecule has 28 heavy (non-hydrogen) atoms. The predicted octanol–water partition coefficient (Wildman–Crippen LogP) is 0.467. The van der Waals surface area contributed by atoms with Crippen LogP contribution in [0.3, 0.4) is 0 Å². The number of amides is 1. The Balaban J connectivity index is 1.35. The summed E-state index contributed by atoms with van der Waals surface area (Å²) < 4.78 is 27.8. The van der Waals surface area contributed by atoms with Gasteiger partial charge in [-0.15, -0.1) is 0 Å². The topological polar surface area (TPSA) is 62.1 Å². The second-order valence-electron chi connectivity index (χ2n) is 8.41. The van der Waals surface area contributed by atoms with Gasteiger partial charge in [-0.05, 0) is 68.2 Å². The van der Waals surface area contributed by atoms with Gasteiger partial charge in [0.25, 0.3) is 5.91 Å². The van der Waals surface area contributed by atoms with Crippen molar-refractivity contribution in [2.24, 2.45) is 0 Å². The molecule has 1 N–H and O–H groups in total. The maximum Gasteiger partial charge on any atom is 0.277 e. The lowest BCUT2D eigenvalue weighted by Gasteiger charge is -2.33. The van der Waals surface area contributed by atoms with E-state index in [1.165, 1.54) is 28.9 Å². The number of quaternary nitrogens is 1. The SMILES string of the molecule is O=C(C[NH+]1CCN(S(=O)(=O)c2ccc3c(c2)CCCC3)CC1)N1CCCCC1. The van der Waals surface area contributed by atoms with Crippen molar-refractivity contribution in [1.82, 2.24) is 9.21 Å². The second-order valence-corrected chi connectivity index (χ2v) is 10.3. The molecule has 0 saturated carbocycles. The standard InChI is InChI=1S/C21H31N3O3S/c25-21(23-10-4-1-5-11-23)17-22-12-14-24(15-13-22)28(26,27)20-9-8-18-6-2-3-7-19(18)16-20/h8-9,16H,1-7,10-15,17H2/p+1. The van der Waals surface area contributed by atoms with E-state index in [1.54, 1.807) is 10.4 Å². The Morgan fingerprint density at radius 2 is 1.57 bits per heavy atom. The second kappa shape index (κ2) is 8.51. The molecule has 3 aliphatic rings. The van der Waals surface area contributed by atoms with Crippen LogP contribution in [0.4, 0.5) is 0 Å². The first-order chi connectivity index (χ1) is 13.5. The highest BCUT2D eigenvalue weighted by molar-refractivity contribution is 7.89. The van der Waals surface area contributed by atoms with E-state index < -0.39 is 10.0 Å². The Morgan fingerprint density at radius 1 is 0.893 bits per heavy atom. The minimum atomic E-state index is -3.44. The van der Waals surface area contributed by atoms with Gasteiger partial charge in [-0.1, -0.05) is 6.07 Å². The van der Waals surface area contributed by atoms with Crippen LogP contribution < -0.4 is 4.90 Å². The lowest BCUT2D eigenvalue weighted by Crippen LogP contribution is -3.15. The third-order valence-corrected chi connectivity index (χ3v) is 8.39. The molecule has 0 aromatic heterocycles. The summed E-state index contributed by atoms with van der Waals surface area (Å²) in [7, 11) is -3.44. The zero-order valence-electron chi connectivity index (χ0n) is 16.7. The molecule has 2 saturated heterocycles. The van der Waals surface area contributed by atoms with Gasteiger partial charge in [-0.2, -0.15) is 4.31 Å². The summed E-state index contributed by atoms with van der Waals surface area (Å²) in [6.07, 6.45) is 7.80. The fourth-order valence-electron chi connectivity index (χ4n) is 4.71. The molecule has 0 radical (unpaired) electrons. The third-order valence-electron chi connectivity index (χ3n) is 6.50. The van der Waals surface area contributed by atoms with E-state index in [0.29, 0.717) is 37.6 Å². The summed E-state index contributed by atoms with van der Waals surface area (Å²) in [6.45, 7) is 4.63. The minimum absolute atomic E-state index is 0.223. The molecule has 4 rings (SSSR count). The first-order valence-corrected chi connectivity index (χ1v) is 12.2. The highest BCUT2D eigenvalue weighted by Crippen LogP contribution is 2.25. The van der Waals surface area contributed by atoms with Gasteiger partial charge in [-0.25, -0.2) is 8.42 Å². The van der Waals surface area contributed by atoms with Crippen LogP contribution in [0.2, 0.25) is 0 Å². The summed E-state index contributed by atoms with van der Waals surface area (Å²) in [5.41, 5.74) is 2.50. The lowest BCUT2D eigenvalue weighted by atomic mass is 9.92. The zero-order chi connectivity index (χ0) is 19.6. The fraction of sp³-hybridized carbons (Fsp3) is 0.667. The van der Waals surface area contributed by atoms with Crippen LogP contribution in [0.5, 0.6) is 0 Å². The number of carbonyl (C=O) groups is 1. The van der Waals surface area contributed by atoms with Crippen molar-refractivity contribution in [2.45, 2.75) is 49.8 Å². The molecule has 1 aliphatic carbocycles. The maximum atomic E-state index is 13.1. The van der Waals surface area contributed by atoms with Gasteiger partial charge in [0.2, 0.25) is 10.0 Å². The number of likely N-dealkylation sites (tertiary alicyclic amines) is 1. The molecule has 2 heterocycles. The normalized spacial score (nSPS) is 22.1. The quantitative estimate of drug-likeness (QED) is 0.791. The average Bonchev–Trinajstić information content (AvgIpc) is 2.74. The Labute approximate surface area is 168 Å². The summed E-state index contributed by atoms with van der Waals surface area (Å²) in [6, 6.07) is 5.67. The van der Waals surface area contributed by atoms with Crippen molar-refractivity contribution in [3.05, 3.63) is 29.3 Å². The highest BCUT2D eigenvalue weighted by Gasteiger charge is 2.32. The smallest absolute Gasteiger partial charge is 0.277 e. The Hall–Kier alpha value is -1.44. The molecule has 1 aromatic rings. The number of piperidine rings is 1. The van der Waals surface area contributed by atoms with Crippen molar-refractivity contribution in [3.8, 4) is 0 Å². The molecule has 1 aromatic carbocycles. The molecule has 2 aliphatic heterocycles.